The lowest BCUT2D eigenvalue weighted by Crippen LogP contribution is -2.12. The summed E-state index contributed by atoms with van der Waals surface area (Å²) in [6.07, 6.45) is 1.82. The number of primary sulfonamides is 1. The van der Waals surface area contributed by atoms with Crippen LogP contribution in [0.15, 0.2) is 64.5 Å². The average Bonchev–Trinajstić information content (AvgIpc) is 2.93. The highest BCUT2D eigenvalue weighted by Gasteiger charge is 2.12. The molecule has 1 heterocycles. The van der Waals surface area contributed by atoms with E-state index in [1.807, 2.05) is 61.9 Å². The largest absolute Gasteiger partial charge is 0.494 e. The van der Waals surface area contributed by atoms with Gasteiger partial charge in [0, 0.05) is 34.9 Å². The number of nitrogens with zero attached hydrogens (tertiary/aromatic N) is 2. The van der Waals surface area contributed by atoms with Crippen molar-refractivity contribution in [3.8, 4) is 11.4 Å². The Labute approximate surface area is 165 Å². The van der Waals surface area contributed by atoms with E-state index >= 15 is 0 Å². The van der Waals surface area contributed by atoms with Gasteiger partial charge >= 0.3 is 0 Å². The maximum atomic E-state index is 11.4. The molecule has 6 nitrogen and oxygen atoms in total. The van der Waals surface area contributed by atoms with Crippen molar-refractivity contribution in [2.75, 3.05) is 6.61 Å². The number of aliphatic imine (C=N–C) groups is 1. The van der Waals surface area contributed by atoms with Gasteiger partial charge < -0.3 is 9.30 Å². The molecule has 0 saturated carbocycles. The predicted octanol–water partition coefficient (Wildman–Crippen LogP) is 3.89. The molecule has 0 aliphatic rings. The van der Waals surface area contributed by atoms with Gasteiger partial charge in [-0.3, -0.25) is 4.99 Å². The average molecular weight is 398 g/mol. The summed E-state index contributed by atoms with van der Waals surface area (Å²) >= 11 is 0. The van der Waals surface area contributed by atoms with E-state index in [2.05, 4.69) is 4.99 Å². The first-order chi connectivity index (χ1) is 13.3. The minimum absolute atomic E-state index is 0.0923. The van der Waals surface area contributed by atoms with Gasteiger partial charge in [-0.2, -0.15) is 0 Å². The molecule has 2 aromatic carbocycles. The minimum atomic E-state index is -3.70. The van der Waals surface area contributed by atoms with Crippen molar-refractivity contribution >= 4 is 21.9 Å². The van der Waals surface area contributed by atoms with Gasteiger partial charge in [-0.1, -0.05) is 6.07 Å². The summed E-state index contributed by atoms with van der Waals surface area (Å²) in [5, 5.41) is 5.17. The third-order valence-electron chi connectivity index (χ3n) is 4.38. The molecule has 0 radical (unpaired) electrons. The number of sulfonamides is 1. The van der Waals surface area contributed by atoms with E-state index in [0.29, 0.717) is 6.61 Å². The Morgan fingerprint density at radius 3 is 2.46 bits per heavy atom. The van der Waals surface area contributed by atoms with Gasteiger partial charge in [-0.05, 0) is 63.2 Å². The van der Waals surface area contributed by atoms with Crippen LogP contribution in [0.4, 0.5) is 5.69 Å². The third kappa shape index (κ3) is 4.32. The molecule has 0 amide bonds. The van der Waals surface area contributed by atoms with Gasteiger partial charge in [0.1, 0.15) is 5.75 Å². The number of aryl methyl sites for hydroxylation is 1. The highest BCUT2D eigenvalue weighted by molar-refractivity contribution is 7.89. The fourth-order valence-electron chi connectivity index (χ4n) is 3.06. The van der Waals surface area contributed by atoms with E-state index in [-0.39, 0.29) is 4.90 Å². The molecule has 1 aromatic heterocycles. The molecule has 3 aromatic rings. The second kappa shape index (κ2) is 8.00. The van der Waals surface area contributed by atoms with Crippen LogP contribution in [0, 0.1) is 13.8 Å². The Hall–Kier alpha value is -2.90. The van der Waals surface area contributed by atoms with Crippen LogP contribution in [0.1, 0.15) is 23.9 Å². The van der Waals surface area contributed by atoms with Crippen LogP contribution in [-0.2, 0) is 10.0 Å². The zero-order valence-electron chi connectivity index (χ0n) is 16.1. The molecule has 0 atom stereocenters. The van der Waals surface area contributed by atoms with E-state index in [1.165, 1.54) is 12.1 Å². The minimum Gasteiger partial charge on any atom is -0.494 e. The van der Waals surface area contributed by atoms with Gasteiger partial charge in [0.2, 0.25) is 10.0 Å². The lowest BCUT2D eigenvalue weighted by Gasteiger charge is -2.10. The Bertz CT molecular complexity index is 1110. The van der Waals surface area contributed by atoms with Gasteiger partial charge in [-0.25, -0.2) is 13.6 Å². The molecule has 0 unspecified atom stereocenters. The highest BCUT2D eigenvalue weighted by atomic mass is 32.2. The number of aromatic nitrogens is 1. The fraction of sp³-hybridized carbons (Fsp3) is 0.190. The molecule has 0 bridgehead atoms. The number of rotatable bonds is 6. The second-order valence-electron chi connectivity index (χ2n) is 6.39. The quantitative estimate of drug-likeness (QED) is 0.640. The van der Waals surface area contributed by atoms with Crippen molar-refractivity contribution in [1.82, 2.24) is 4.57 Å². The molecule has 7 heteroatoms. The first kappa shape index (κ1) is 19.9. The molecule has 3 rings (SSSR count). The first-order valence-electron chi connectivity index (χ1n) is 8.88. The maximum Gasteiger partial charge on any atom is 0.238 e. The Balaban J connectivity index is 1.91. The first-order valence-corrected chi connectivity index (χ1v) is 10.4. The van der Waals surface area contributed by atoms with Crippen LogP contribution in [0.5, 0.6) is 5.75 Å². The van der Waals surface area contributed by atoms with Crippen LogP contribution in [-0.4, -0.2) is 25.8 Å². The summed E-state index contributed by atoms with van der Waals surface area (Å²) in [4.78, 5) is 4.65. The number of nitrogens with two attached hydrogens (primary N) is 1. The van der Waals surface area contributed by atoms with Crippen LogP contribution < -0.4 is 9.88 Å². The van der Waals surface area contributed by atoms with E-state index in [9.17, 15) is 8.42 Å². The SMILES string of the molecule is CCOc1cccc(N=Cc2cc(C)n(-c3ccc(S(N)(=O)=O)cc3)c2C)c1. The summed E-state index contributed by atoms with van der Waals surface area (Å²) in [5.41, 5.74) is 4.68. The summed E-state index contributed by atoms with van der Waals surface area (Å²) in [6, 6.07) is 16.2. The number of hydrogen-bond acceptors (Lipinski definition) is 4. The van der Waals surface area contributed by atoms with E-state index < -0.39 is 10.0 Å². The van der Waals surface area contributed by atoms with E-state index in [4.69, 9.17) is 9.88 Å². The smallest absolute Gasteiger partial charge is 0.238 e. The van der Waals surface area contributed by atoms with Gasteiger partial charge in [0.15, 0.2) is 0 Å². The summed E-state index contributed by atoms with van der Waals surface area (Å²) in [6.45, 7) is 6.55. The Morgan fingerprint density at radius 2 is 1.82 bits per heavy atom. The molecular weight excluding hydrogens is 374 g/mol. The molecule has 0 aliphatic carbocycles. The molecule has 146 valence electrons. The molecule has 0 fully saturated rings. The number of ether oxygens (including phenoxy) is 1. The Morgan fingerprint density at radius 1 is 1.11 bits per heavy atom. The third-order valence-corrected chi connectivity index (χ3v) is 5.30. The fourth-order valence-corrected chi connectivity index (χ4v) is 3.58. The van der Waals surface area contributed by atoms with Crippen LogP contribution in [0.3, 0.4) is 0 Å². The molecule has 0 spiro atoms. The van der Waals surface area contributed by atoms with Crippen molar-refractivity contribution in [2.45, 2.75) is 25.7 Å². The Kier molecular flexibility index (Phi) is 5.67. The predicted molar refractivity (Wildman–Crippen MR) is 111 cm³/mol. The monoisotopic (exact) mass is 397 g/mol. The van der Waals surface area contributed by atoms with Crippen LogP contribution >= 0.6 is 0 Å². The topological polar surface area (TPSA) is 86.7 Å². The number of hydrogen-bond donors (Lipinski definition) is 1. The maximum absolute atomic E-state index is 11.4. The highest BCUT2D eigenvalue weighted by Crippen LogP contribution is 2.23. The normalized spacial score (nSPS) is 11.9. The van der Waals surface area contributed by atoms with Crippen LogP contribution in [0.25, 0.3) is 5.69 Å². The molecule has 28 heavy (non-hydrogen) atoms. The number of benzene rings is 2. The molecule has 2 N–H and O–H groups in total. The lowest BCUT2D eigenvalue weighted by molar-refractivity contribution is 0.340. The van der Waals surface area contributed by atoms with Gasteiger partial charge in [-0.15, -0.1) is 0 Å². The van der Waals surface area contributed by atoms with Crippen LogP contribution in [0.2, 0.25) is 0 Å². The summed E-state index contributed by atoms with van der Waals surface area (Å²) in [5.74, 6) is 0.789. The molecule has 0 saturated heterocycles. The van der Waals surface area contributed by atoms with Gasteiger partial charge in [0.25, 0.3) is 0 Å². The molecule has 0 aliphatic heterocycles. The molecular formula is C21H23N3O3S. The van der Waals surface area contributed by atoms with Gasteiger partial charge in [0.05, 0.1) is 17.2 Å². The zero-order chi connectivity index (χ0) is 20.3. The van der Waals surface area contributed by atoms with Crippen molar-refractivity contribution in [3.63, 3.8) is 0 Å². The lowest BCUT2D eigenvalue weighted by atomic mass is 10.2. The standard InChI is InChI=1S/C21H23N3O3S/c1-4-27-20-7-5-6-18(13-20)23-14-17-12-15(2)24(16(17)3)19-8-10-21(11-9-19)28(22,25)26/h5-14H,4H2,1-3H3,(H2,22,25,26). The van der Waals surface area contributed by atoms with E-state index in [1.54, 1.807) is 12.1 Å². The van der Waals surface area contributed by atoms with Crippen molar-refractivity contribution < 1.29 is 13.2 Å². The zero-order valence-corrected chi connectivity index (χ0v) is 16.9. The van der Waals surface area contributed by atoms with Crippen molar-refractivity contribution in [3.05, 3.63) is 71.5 Å². The van der Waals surface area contributed by atoms with E-state index in [0.717, 1.165) is 34.1 Å². The van der Waals surface area contributed by atoms with Crippen molar-refractivity contribution in [1.29, 1.82) is 0 Å². The summed E-state index contributed by atoms with van der Waals surface area (Å²) < 4.78 is 30.5. The second-order valence-corrected chi connectivity index (χ2v) is 7.95. The summed E-state index contributed by atoms with van der Waals surface area (Å²) in [7, 11) is -3.70. The van der Waals surface area contributed by atoms with Crippen molar-refractivity contribution in [2.24, 2.45) is 10.1 Å².